The highest BCUT2D eigenvalue weighted by Crippen LogP contribution is 2.38. The van der Waals surface area contributed by atoms with E-state index in [0.717, 1.165) is 22.9 Å². The number of rotatable bonds is 5. The van der Waals surface area contributed by atoms with Gasteiger partial charge in [-0.2, -0.15) is 0 Å². The monoisotopic (exact) mass is 451 g/mol. The Morgan fingerprint density at radius 2 is 1.69 bits per heavy atom. The highest BCUT2D eigenvalue weighted by molar-refractivity contribution is 7.92. The van der Waals surface area contributed by atoms with Gasteiger partial charge in [0.2, 0.25) is 0 Å². The van der Waals surface area contributed by atoms with Crippen LogP contribution in [-0.4, -0.2) is 18.5 Å². The van der Waals surface area contributed by atoms with Crippen LogP contribution in [-0.2, 0) is 10.0 Å². The Morgan fingerprint density at radius 3 is 2.34 bits per heavy atom. The number of pyridine rings is 1. The van der Waals surface area contributed by atoms with Gasteiger partial charge in [0.25, 0.3) is 10.0 Å². The molecule has 1 heterocycles. The average molecular weight is 452 g/mol. The summed E-state index contributed by atoms with van der Waals surface area (Å²) in [6.45, 7) is 5.52. The lowest BCUT2D eigenvalue weighted by Gasteiger charge is -2.20. The van der Waals surface area contributed by atoms with Crippen LogP contribution in [0.25, 0.3) is 0 Å². The molecule has 0 radical (unpaired) electrons. The summed E-state index contributed by atoms with van der Waals surface area (Å²) in [6, 6.07) is 9.76. The molecule has 0 amide bonds. The fourth-order valence-electron chi connectivity index (χ4n) is 3.04. The van der Waals surface area contributed by atoms with Crippen molar-refractivity contribution < 1.29 is 13.5 Å². The second kappa shape index (κ2) is 8.10. The Hall–Kier alpha value is -2.48. The summed E-state index contributed by atoms with van der Waals surface area (Å²) in [5.41, 5.74) is 3.47. The molecule has 3 aromatic rings. The smallest absolute Gasteiger partial charge is 0.265 e. The van der Waals surface area contributed by atoms with Gasteiger partial charge >= 0.3 is 0 Å². The van der Waals surface area contributed by atoms with E-state index in [2.05, 4.69) is 15.0 Å². The van der Waals surface area contributed by atoms with E-state index in [1.54, 1.807) is 20.0 Å². The highest BCUT2D eigenvalue weighted by atomic mass is 35.5. The van der Waals surface area contributed by atoms with Crippen molar-refractivity contribution in [3.63, 3.8) is 0 Å². The normalized spacial score (nSPS) is 11.3. The number of sulfonamides is 1. The topological polar surface area (TPSA) is 91.3 Å². The lowest BCUT2D eigenvalue weighted by atomic mass is 10.0. The number of halogens is 2. The van der Waals surface area contributed by atoms with Crippen LogP contribution in [0.5, 0.6) is 5.75 Å². The van der Waals surface area contributed by atoms with Crippen LogP contribution in [0, 0.1) is 20.8 Å². The molecule has 3 rings (SSSR count). The van der Waals surface area contributed by atoms with Gasteiger partial charge in [-0.15, -0.1) is 0 Å². The third-order valence-electron chi connectivity index (χ3n) is 4.41. The average Bonchev–Trinajstić information content (AvgIpc) is 2.66. The second-order valence-electron chi connectivity index (χ2n) is 6.57. The van der Waals surface area contributed by atoms with Crippen molar-refractivity contribution in [2.24, 2.45) is 0 Å². The van der Waals surface area contributed by atoms with Gasteiger partial charge in [-0.1, -0.05) is 35.3 Å². The van der Waals surface area contributed by atoms with Gasteiger partial charge in [-0.3, -0.25) is 4.72 Å². The molecule has 0 aliphatic heterocycles. The lowest BCUT2D eigenvalue weighted by molar-refractivity contribution is 0.459. The van der Waals surface area contributed by atoms with Gasteiger partial charge < -0.3 is 10.4 Å². The van der Waals surface area contributed by atoms with E-state index in [0.29, 0.717) is 17.1 Å². The number of aromatic hydroxyl groups is 1. The van der Waals surface area contributed by atoms with Crippen molar-refractivity contribution in [2.45, 2.75) is 25.7 Å². The molecule has 0 aliphatic rings. The summed E-state index contributed by atoms with van der Waals surface area (Å²) < 4.78 is 28.5. The summed E-state index contributed by atoms with van der Waals surface area (Å²) >= 11 is 11.8. The molecule has 0 spiro atoms. The number of nitrogens with one attached hydrogen (secondary N) is 2. The number of aromatic nitrogens is 1. The second-order valence-corrected chi connectivity index (χ2v) is 9.06. The van der Waals surface area contributed by atoms with Gasteiger partial charge in [0.1, 0.15) is 10.7 Å². The third-order valence-corrected chi connectivity index (χ3v) is 6.28. The van der Waals surface area contributed by atoms with Crippen molar-refractivity contribution in [1.29, 1.82) is 0 Å². The van der Waals surface area contributed by atoms with Crippen LogP contribution in [0.1, 0.15) is 16.7 Å². The number of nitrogens with zero attached hydrogens (tertiary/aromatic N) is 1. The first kappa shape index (κ1) is 21.2. The molecule has 0 unspecified atom stereocenters. The SMILES string of the molecule is Cc1cc(C)c(NS(=O)(=O)c2cc(Cl)cc(Cl)c2O)c(C)c1Nc1ccccn1. The van der Waals surface area contributed by atoms with E-state index < -0.39 is 20.7 Å². The minimum absolute atomic E-state index is 0.100. The number of benzene rings is 2. The van der Waals surface area contributed by atoms with Crippen molar-refractivity contribution >= 4 is 50.4 Å². The Bertz CT molecular complexity index is 1180. The minimum Gasteiger partial charge on any atom is -0.505 e. The van der Waals surface area contributed by atoms with Gasteiger partial charge in [0, 0.05) is 16.9 Å². The number of hydrogen-bond donors (Lipinski definition) is 3. The molecular weight excluding hydrogens is 433 g/mol. The summed E-state index contributed by atoms with van der Waals surface area (Å²) in [6.07, 6.45) is 1.66. The zero-order valence-electron chi connectivity index (χ0n) is 15.9. The standard InChI is InChI=1S/C20H19Cl2N3O3S/c1-11-8-12(2)19(13(3)18(11)24-17-6-4-5-7-23-17)25-29(27,28)16-10-14(21)9-15(22)20(16)26/h4-10,25-26H,1-3H3,(H,23,24). The molecule has 29 heavy (non-hydrogen) atoms. The molecule has 2 aromatic carbocycles. The summed E-state index contributed by atoms with van der Waals surface area (Å²) in [4.78, 5) is 3.85. The maximum atomic E-state index is 13.0. The molecule has 0 fully saturated rings. The molecule has 0 atom stereocenters. The number of aryl methyl sites for hydroxylation is 2. The predicted molar refractivity (Wildman–Crippen MR) is 117 cm³/mol. The van der Waals surface area contributed by atoms with Crippen molar-refractivity contribution in [2.75, 3.05) is 10.0 Å². The van der Waals surface area contributed by atoms with Crippen molar-refractivity contribution in [3.8, 4) is 5.75 Å². The third kappa shape index (κ3) is 4.42. The van der Waals surface area contributed by atoms with E-state index in [1.165, 1.54) is 6.07 Å². The summed E-state index contributed by atoms with van der Waals surface area (Å²) in [5.74, 6) is 0.0773. The number of phenols is 1. The Kier molecular flexibility index (Phi) is 5.93. The zero-order chi connectivity index (χ0) is 21.3. The fourth-order valence-corrected chi connectivity index (χ4v) is 4.99. The van der Waals surface area contributed by atoms with E-state index in [4.69, 9.17) is 23.2 Å². The van der Waals surface area contributed by atoms with Gasteiger partial charge in [-0.25, -0.2) is 13.4 Å². The van der Waals surface area contributed by atoms with Gasteiger partial charge in [0.15, 0.2) is 5.75 Å². The van der Waals surface area contributed by atoms with Gasteiger partial charge in [0.05, 0.1) is 10.7 Å². The van der Waals surface area contributed by atoms with Crippen LogP contribution in [0.4, 0.5) is 17.2 Å². The van der Waals surface area contributed by atoms with Crippen LogP contribution >= 0.6 is 23.2 Å². The number of hydrogen-bond acceptors (Lipinski definition) is 5. The molecule has 6 nitrogen and oxygen atoms in total. The number of anilines is 3. The molecule has 0 bridgehead atoms. The summed E-state index contributed by atoms with van der Waals surface area (Å²) in [5, 5.41) is 13.3. The molecule has 9 heteroatoms. The lowest BCUT2D eigenvalue weighted by Crippen LogP contribution is -2.16. The van der Waals surface area contributed by atoms with E-state index in [9.17, 15) is 13.5 Å². The molecular formula is C20H19Cl2N3O3S. The molecule has 0 saturated heterocycles. The first-order valence-electron chi connectivity index (χ1n) is 8.60. The first-order valence-corrected chi connectivity index (χ1v) is 10.8. The Balaban J connectivity index is 2.06. The van der Waals surface area contributed by atoms with Crippen LogP contribution in [0.2, 0.25) is 10.0 Å². The molecule has 0 aliphatic carbocycles. The van der Waals surface area contributed by atoms with E-state index in [-0.39, 0.29) is 10.0 Å². The van der Waals surface area contributed by atoms with Crippen LogP contribution < -0.4 is 10.0 Å². The predicted octanol–water partition coefficient (Wildman–Crippen LogP) is 5.56. The van der Waals surface area contributed by atoms with Crippen LogP contribution in [0.3, 0.4) is 0 Å². The van der Waals surface area contributed by atoms with Crippen molar-refractivity contribution in [3.05, 3.63) is 69.3 Å². The molecule has 0 saturated carbocycles. The Morgan fingerprint density at radius 1 is 1.00 bits per heavy atom. The minimum atomic E-state index is -4.15. The largest absolute Gasteiger partial charge is 0.505 e. The first-order chi connectivity index (χ1) is 13.6. The van der Waals surface area contributed by atoms with E-state index in [1.807, 2.05) is 31.2 Å². The molecule has 1 aromatic heterocycles. The highest BCUT2D eigenvalue weighted by Gasteiger charge is 2.24. The Labute approximate surface area is 179 Å². The zero-order valence-corrected chi connectivity index (χ0v) is 18.2. The quantitative estimate of drug-likeness (QED) is 0.471. The molecule has 3 N–H and O–H groups in total. The maximum absolute atomic E-state index is 13.0. The van der Waals surface area contributed by atoms with Crippen molar-refractivity contribution in [1.82, 2.24) is 4.98 Å². The van der Waals surface area contributed by atoms with E-state index >= 15 is 0 Å². The molecule has 152 valence electrons. The van der Waals surface area contributed by atoms with Gasteiger partial charge in [-0.05, 0) is 61.7 Å². The maximum Gasteiger partial charge on any atom is 0.265 e. The fraction of sp³-hybridized carbons (Fsp3) is 0.150. The number of phenolic OH excluding ortho intramolecular Hbond substituents is 1. The summed E-state index contributed by atoms with van der Waals surface area (Å²) in [7, 11) is -4.15. The van der Waals surface area contributed by atoms with Crippen LogP contribution in [0.15, 0.2) is 47.5 Å².